The summed E-state index contributed by atoms with van der Waals surface area (Å²) in [5.74, 6) is 0.414. The van der Waals surface area contributed by atoms with E-state index in [4.69, 9.17) is 4.74 Å². The summed E-state index contributed by atoms with van der Waals surface area (Å²) in [5.41, 5.74) is 2.69. The highest BCUT2D eigenvalue weighted by molar-refractivity contribution is 7.12. The minimum Gasteiger partial charge on any atom is -0.496 e. The van der Waals surface area contributed by atoms with Gasteiger partial charge in [0.15, 0.2) is 0 Å². The van der Waals surface area contributed by atoms with Crippen LogP contribution in [0.1, 0.15) is 64.5 Å². The maximum Gasteiger partial charge on any atom is 0.265 e. The number of rotatable bonds is 8. The minimum atomic E-state index is -0.748. The van der Waals surface area contributed by atoms with Gasteiger partial charge in [-0.25, -0.2) is 0 Å². The first-order chi connectivity index (χ1) is 16.6. The topological polar surface area (TPSA) is 58.6 Å². The van der Waals surface area contributed by atoms with E-state index in [1.807, 2.05) is 73.0 Å². The summed E-state index contributed by atoms with van der Waals surface area (Å²) >= 11 is 1.39. The molecule has 1 atom stereocenters. The average molecular weight is 477 g/mol. The van der Waals surface area contributed by atoms with Crippen molar-refractivity contribution in [3.8, 4) is 5.75 Å². The van der Waals surface area contributed by atoms with Gasteiger partial charge in [-0.1, -0.05) is 67.8 Å². The molecule has 6 heteroatoms. The van der Waals surface area contributed by atoms with E-state index in [1.54, 1.807) is 12.0 Å². The Balaban J connectivity index is 1.77. The second-order valence-electron chi connectivity index (χ2n) is 8.82. The molecular weight excluding hydrogens is 444 g/mol. The fourth-order valence-corrected chi connectivity index (χ4v) is 5.39. The zero-order valence-corrected chi connectivity index (χ0v) is 20.6. The Morgan fingerprint density at radius 2 is 1.76 bits per heavy atom. The SMILES string of the molecule is COc1ccccc1CN(C(=O)c1cccs1)[C@H](C(=O)NC1CCCCC1)c1ccccc1C. The second kappa shape index (κ2) is 11.3. The molecule has 2 amide bonds. The quantitative estimate of drug-likeness (QED) is 0.440. The van der Waals surface area contributed by atoms with Crippen LogP contribution in [0.5, 0.6) is 5.75 Å². The van der Waals surface area contributed by atoms with E-state index in [9.17, 15) is 9.59 Å². The van der Waals surface area contributed by atoms with Gasteiger partial charge >= 0.3 is 0 Å². The fourth-order valence-electron chi connectivity index (χ4n) is 4.71. The number of nitrogens with zero attached hydrogens (tertiary/aromatic N) is 1. The Morgan fingerprint density at radius 1 is 1.03 bits per heavy atom. The lowest BCUT2D eigenvalue weighted by Gasteiger charge is -2.34. The van der Waals surface area contributed by atoms with Crippen LogP contribution in [0.3, 0.4) is 0 Å². The molecule has 1 N–H and O–H groups in total. The number of benzene rings is 2. The first kappa shape index (κ1) is 24.0. The molecule has 1 fully saturated rings. The Hall–Kier alpha value is -3.12. The Labute approximate surface area is 205 Å². The normalized spacial score (nSPS) is 14.9. The van der Waals surface area contributed by atoms with Gasteiger partial charge in [-0.3, -0.25) is 9.59 Å². The predicted molar refractivity (Wildman–Crippen MR) is 136 cm³/mol. The Kier molecular flexibility index (Phi) is 8.01. The Bertz CT molecular complexity index is 1110. The van der Waals surface area contributed by atoms with Crippen molar-refractivity contribution in [3.63, 3.8) is 0 Å². The van der Waals surface area contributed by atoms with Gasteiger partial charge in [0.25, 0.3) is 5.91 Å². The number of hydrogen-bond donors (Lipinski definition) is 1. The number of aryl methyl sites for hydroxylation is 1. The molecule has 1 heterocycles. The molecule has 0 spiro atoms. The molecule has 0 radical (unpaired) electrons. The van der Waals surface area contributed by atoms with Crippen molar-refractivity contribution in [1.29, 1.82) is 0 Å². The lowest BCUT2D eigenvalue weighted by atomic mass is 9.93. The summed E-state index contributed by atoms with van der Waals surface area (Å²) < 4.78 is 5.57. The largest absolute Gasteiger partial charge is 0.496 e. The number of carbonyl (C=O) groups excluding carboxylic acids is 2. The highest BCUT2D eigenvalue weighted by Crippen LogP contribution is 2.31. The third-order valence-corrected chi connectivity index (χ3v) is 7.38. The highest BCUT2D eigenvalue weighted by Gasteiger charge is 2.35. The van der Waals surface area contributed by atoms with Crippen LogP contribution in [-0.2, 0) is 11.3 Å². The van der Waals surface area contributed by atoms with Crippen molar-refractivity contribution >= 4 is 23.2 Å². The summed E-state index contributed by atoms with van der Waals surface area (Å²) in [7, 11) is 1.62. The second-order valence-corrected chi connectivity index (χ2v) is 9.77. The van der Waals surface area contributed by atoms with Gasteiger partial charge < -0.3 is 15.0 Å². The number of ether oxygens (including phenoxy) is 1. The van der Waals surface area contributed by atoms with E-state index in [2.05, 4.69) is 5.32 Å². The summed E-state index contributed by atoms with van der Waals surface area (Å²) in [6.07, 6.45) is 5.43. The van der Waals surface area contributed by atoms with E-state index < -0.39 is 6.04 Å². The monoisotopic (exact) mass is 476 g/mol. The molecule has 0 saturated heterocycles. The van der Waals surface area contributed by atoms with Gasteiger partial charge in [0.05, 0.1) is 18.5 Å². The summed E-state index contributed by atoms with van der Waals surface area (Å²) in [4.78, 5) is 30.0. The first-order valence-electron chi connectivity index (χ1n) is 11.9. The number of para-hydroxylation sites is 1. The molecule has 5 nitrogen and oxygen atoms in total. The molecule has 1 aliphatic rings. The molecule has 0 bridgehead atoms. The molecule has 0 aliphatic heterocycles. The van der Waals surface area contributed by atoms with Crippen molar-refractivity contribution in [1.82, 2.24) is 10.2 Å². The number of carbonyl (C=O) groups is 2. The predicted octanol–water partition coefficient (Wildman–Crippen LogP) is 5.90. The van der Waals surface area contributed by atoms with Crippen LogP contribution in [0.25, 0.3) is 0 Å². The van der Waals surface area contributed by atoms with Gasteiger partial charge in [-0.2, -0.15) is 0 Å². The Morgan fingerprint density at radius 3 is 2.47 bits per heavy atom. The standard InChI is InChI=1S/C28H32N2O3S/c1-20-11-6-8-15-23(20)26(27(31)29-22-13-4-3-5-14-22)30(28(32)25-17-10-18-34-25)19-21-12-7-9-16-24(21)33-2/h6-12,15-18,22,26H,3-5,13-14,19H2,1-2H3,(H,29,31)/t26-/m0/s1. The van der Waals surface area contributed by atoms with Crippen molar-refractivity contribution < 1.29 is 14.3 Å². The van der Waals surface area contributed by atoms with Crippen LogP contribution in [-0.4, -0.2) is 29.9 Å². The van der Waals surface area contributed by atoms with E-state index in [0.29, 0.717) is 10.6 Å². The number of nitrogens with one attached hydrogen (secondary N) is 1. The molecule has 1 aromatic heterocycles. The fraction of sp³-hybridized carbons (Fsp3) is 0.357. The lowest BCUT2D eigenvalue weighted by molar-refractivity contribution is -0.127. The molecule has 178 valence electrons. The minimum absolute atomic E-state index is 0.124. The zero-order valence-electron chi connectivity index (χ0n) is 19.8. The van der Waals surface area contributed by atoms with Crippen molar-refractivity contribution in [2.75, 3.05) is 7.11 Å². The summed E-state index contributed by atoms with van der Waals surface area (Å²) in [5, 5.41) is 5.17. The van der Waals surface area contributed by atoms with E-state index >= 15 is 0 Å². The molecule has 34 heavy (non-hydrogen) atoms. The molecular formula is C28H32N2O3S. The van der Waals surface area contributed by atoms with Gasteiger partial charge in [-0.05, 0) is 48.4 Å². The van der Waals surface area contributed by atoms with Crippen LogP contribution < -0.4 is 10.1 Å². The number of amides is 2. The van der Waals surface area contributed by atoms with Crippen LogP contribution in [0.2, 0.25) is 0 Å². The molecule has 4 rings (SSSR count). The van der Waals surface area contributed by atoms with Gasteiger partial charge in [0, 0.05) is 11.6 Å². The summed E-state index contributed by atoms with van der Waals surface area (Å²) in [6, 6.07) is 18.6. The summed E-state index contributed by atoms with van der Waals surface area (Å²) in [6.45, 7) is 2.25. The number of methoxy groups -OCH3 is 1. The number of thiophene rings is 1. The maximum absolute atomic E-state index is 13.9. The third kappa shape index (κ3) is 5.50. The van der Waals surface area contributed by atoms with Crippen LogP contribution >= 0.6 is 11.3 Å². The molecule has 2 aromatic carbocycles. The maximum atomic E-state index is 13.9. The van der Waals surface area contributed by atoms with Crippen LogP contribution in [0.15, 0.2) is 66.0 Å². The van der Waals surface area contributed by atoms with Gasteiger partial charge in [-0.15, -0.1) is 11.3 Å². The molecule has 1 aliphatic carbocycles. The first-order valence-corrected chi connectivity index (χ1v) is 12.8. The highest BCUT2D eigenvalue weighted by atomic mass is 32.1. The number of hydrogen-bond acceptors (Lipinski definition) is 4. The smallest absolute Gasteiger partial charge is 0.265 e. The molecule has 3 aromatic rings. The van der Waals surface area contributed by atoms with Crippen molar-refractivity contribution in [2.24, 2.45) is 0 Å². The lowest BCUT2D eigenvalue weighted by Crippen LogP contribution is -2.47. The molecule has 0 unspecified atom stereocenters. The van der Waals surface area contributed by atoms with E-state index in [1.165, 1.54) is 17.8 Å². The van der Waals surface area contributed by atoms with Crippen molar-refractivity contribution in [3.05, 3.63) is 87.6 Å². The van der Waals surface area contributed by atoms with Gasteiger partial charge in [0.2, 0.25) is 5.91 Å². The zero-order chi connectivity index (χ0) is 23.9. The van der Waals surface area contributed by atoms with Gasteiger partial charge in [0.1, 0.15) is 11.8 Å². The van der Waals surface area contributed by atoms with Crippen LogP contribution in [0, 0.1) is 6.92 Å². The van der Waals surface area contributed by atoms with Crippen LogP contribution in [0.4, 0.5) is 0 Å². The average Bonchev–Trinajstić information content (AvgIpc) is 3.40. The molecule has 1 saturated carbocycles. The van der Waals surface area contributed by atoms with E-state index in [0.717, 1.165) is 42.4 Å². The van der Waals surface area contributed by atoms with Crippen molar-refractivity contribution in [2.45, 2.75) is 57.7 Å². The third-order valence-electron chi connectivity index (χ3n) is 6.52. The van der Waals surface area contributed by atoms with E-state index in [-0.39, 0.29) is 24.4 Å².